The molecule has 21 heavy (non-hydrogen) atoms. The van der Waals surface area contributed by atoms with Gasteiger partial charge >= 0.3 is 5.97 Å². The second-order valence-electron chi connectivity index (χ2n) is 4.74. The maximum absolute atomic E-state index is 12.3. The molecular formula is C17H17NO3. The number of hydrogen-bond donors (Lipinski definition) is 2. The van der Waals surface area contributed by atoms with Crippen LogP contribution in [-0.4, -0.2) is 17.0 Å². The molecular weight excluding hydrogens is 266 g/mol. The minimum Gasteiger partial charge on any atom is -0.478 e. The van der Waals surface area contributed by atoms with Crippen molar-refractivity contribution >= 4 is 17.6 Å². The lowest BCUT2D eigenvalue weighted by atomic mass is 9.95. The summed E-state index contributed by atoms with van der Waals surface area (Å²) in [6.45, 7) is 1.96. The van der Waals surface area contributed by atoms with Gasteiger partial charge in [0.15, 0.2) is 0 Å². The van der Waals surface area contributed by atoms with Gasteiger partial charge in [0.2, 0.25) is 5.91 Å². The Bertz CT molecular complexity index is 620. The first-order chi connectivity index (χ1) is 10.1. The number of hydrogen-bond acceptors (Lipinski definition) is 2. The number of anilines is 1. The second kappa shape index (κ2) is 6.70. The highest BCUT2D eigenvalue weighted by Gasteiger charge is 2.18. The van der Waals surface area contributed by atoms with E-state index in [1.54, 1.807) is 12.1 Å². The van der Waals surface area contributed by atoms with E-state index in [0.717, 1.165) is 5.56 Å². The van der Waals surface area contributed by atoms with E-state index < -0.39 is 5.97 Å². The third-order valence-corrected chi connectivity index (χ3v) is 3.33. The molecule has 0 aromatic heterocycles. The first-order valence-corrected chi connectivity index (χ1v) is 6.81. The second-order valence-corrected chi connectivity index (χ2v) is 4.74. The fourth-order valence-corrected chi connectivity index (χ4v) is 2.18. The third kappa shape index (κ3) is 3.69. The van der Waals surface area contributed by atoms with E-state index in [0.29, 0.717) is 12.1 Å². The lowest BCUT2D eigenvalue weighted by Crippen LogP contribution is -2.20. The van der Waals surface area contributed by atoms with Crippen molar-refractivity contribution in [3.63, 3.8) is 0 Å². The number of benzene rings is 2. The van der Waals surface area contributed by atoms with Crippen LogP contribution in [0.2, 0.25) is 0 Å². The molecule has 0 spiro atoms. The Morgan fingerprint density at radius 1 is 1.05 bits per heavy atom. The third-order valence-electron chi connectivity index (χ3n) is 3.33. The lowest BCUT2D eigenvalue weighted by Gasteiger charge is -2.15. The van der Waals surface area contributed by atoms with Crippen molar-refractivity contribution in [3.05, 3.63) is 65.7 Å². The molecule has 0 fully saturated rings. The molecule has 4 heteroatoms. The Hall–Kier alpha value is -2.62. The van der Waals surface area contributed by atoms with Crippen molar-refractivity contribution in [2.24, 2.45) is 0 Å². The Morgan fingerprint density at radius 2 is 1.67 bits per heavy atom. The number of rotatable bonds is 5. The first-order valence-electron chi connectivity index (χ1n) is 6.81. The smallest absolute Gasteiger partial charge is 0.335 e. The zero-order valence-electron chi connectivity index (χ0n) is 11.7. The Morgan fingerprint density at radius 3 is 2.19 bits per heavy atom. The van der Waals surface area contributed by atoms with Crippen LogP contribution in [0.1, 0.15) is 35.2 Å². The van der Waals surface area contributed by atoms with Crippen molar-refractivity contribution < 1.29 is 14.7 Å². The summed E-state index contributed by atoms with van der Waals surface area (Å²) in [6.07, 6.45) is 0.697. The van der Waals surface area contributed by atoms with Crippen molar-refractivity contribution in [1.82, 2.24) is 0 Å². The Balaban J connectivity index is 2.11. The van der Waals surface area contributed by atoms with Crippen LogP contribution in [0.5, 0.6) is 0 Å². The van der Waals surface area contributed by atoms with Gasteiger partial charge in [-0.1, -0.05) is 37.3 Å². The SMILES string of the molecule is CCC(C(=O)Nc1ccc(C(=O)O)cc1)c1ccccc1. The average molecular weight is 283 g/mol. The van der Waals surface area contributed by atoms with Crippen molar-refractivity contribution in [2.75, 3.05) is 5.32 Å². The van der Waals surface area contributed by atoms with Crippen LogP contribution in [0.3, 0.4) is 0 Å². The molecule has 4 nitrogen and oxygen atoms in total. The van der Waals surface area contributed by atoms with Gasteiger partial charge in [-0.15, -0.1) is 0 Å². The van der Waals surface area contributed by atoms with E-state index in [4.69, 9.17) is 5.11 Å². The van der Waals surface area contributed by atoms with Crippen molar-refractivity contribution in [3.8, 4) is 0 Å². The fraction of sp³-hybridized carbons (Fsp3) is 0.176. The highest BCUT2D eigenvalue weighted by molar-refractivity contribution is 5.96. The number of aromatic carboxylic acids is 1. The van der Waals surface area contributed by atoms with E-state index in [2.05, 4.69) is 5.32 Å². The Labute approximate surface area is 123 Å². The summed E-state index contributed by atoms with van der Waals surface area (Å²) in [7, 11) is 0. The van der Waals surface area contributed by atoms with Crippen LogP contribution >= 0.6 is 0 Å². The maximum Gasteiger partial charge on any atom is 0.335 e. The molecule has 2 N–H and O–H groups in total. The summed E-state index contributed by atoms with van der Waals surface area (Å²) in [5, 5.41) is 11.7. The summed E-state index contributed by atoms with van der Waals surface area (Å²) in [5.41, 5.74) is 1.77. The molecule has 0 saturated heterocycles. The maximum atomic E-state index is 12.3. The van der Waals surface area contributed by atoms with Crippen LogP contribution in [0.4, 0.5) is 5.69 Å². The van der Waals surface area contributed by atoms with E-state index in [9.17, 15) is 9.59 Å². The number of carbonyl (C=O) groups excluding carboxylic acids is 1. The van der Waals surface area contributed by atoms with Gasteiger partial charge in [-0.3, -0.25) is 4.79 Å². The molecule has 2 aromatic carbocycles. The van der Waals surface area contributed by atoms with Crippen LogP contribution in [-0.2, 0) is 4.79 Å². The average Bonchev–Trinajstić information content (AvgIpc) is 2.49. The molecule has 0 radical (unpaired) electrons. The highest BCUT2D eigenvalue weighted by Crippen LogP contribution is 2.21. The summed E-state index contributed by atoms with van der Waals surface area (Å²) in [4.78, 5) is 23.1. The van der Waals surface area contributed by atoms with Crippen LogP contribution in [0.15, 0.2) is 54.6 Å². The van der Waals surface area contributed by atoms with E-state index in [1.807, 2.05) is 37.3 Å². The quantitative estimate of drug-likeness (QED) is 0.882. The van der Waals surface area contributed by atoms with Gasteiger partial charge < -0.3 is 10.4 Å². The summed E-state index contributed by atoms with van der Waals surface area (Å²) >= 11 is 0. The largest absolute Gasteiger partial charge is 0.478 e. The molecule has 1 amide bonds. The molecule has 0 aliphatic rings. The molecule has 2 rings (SSSR count). The topological polar surface area (TPSA) is 66.4 Å². The van der Waals surface area contributed by atoms with Crippen molar-refractivity contribution in [2.45, 2.75) is 19.3 Å². The van der Waals surface area contributed by atoms with Gasteiger partial charge in [0, 0.05) is 5.69 Å². The number of amides is 1. The summed E-state index contributed by atoms with van der Waals surface area (Å²) in [5.74, 6) is -1.29. The van der Waals surface area contributed by atoms with Crippen LogP contribution in [0.25, 0.3) is 0 Å². The molecule has 0 aliphatic carbocycles. The molecule has 0 heterocycles. The molecule has 2 aromatic rings. The minimum absolute atomic E-state index is 0.0909. The monoisotopic (exact) mass is 283 g/mol. The predicted octanol–water partition coefficient (Wildman–Crippen LogP) is 3.52. The molecule has 108 valence electrons. The predicted molar refractivity (Wildman–Crippen MR) is 81.5 cm³/mol. The number of nitrogens with one attached hydrogen (secondary N) is 1. The highest BCUT2D eigenvalue weighted by atomic mass is 16.4. The van der Waals surface area contributed by atoms with E-state index >= 15 is 0 Å². The number of carboxylic acids is 1. The van der Waals surface area contributed by atoms with Gasteiger partial charge in [0.1, 0.15) is 0 Å². The zero-order chi connectivity index (χ0) is 15.2. The molecule has 0 aliphatic heterocycles. The Kier molecular flexibility index (Phi) is 4.72. The van der Waals surface area contributed by atoms with E-state index in [1.165, 1.54) is 12.1 Å². The molecule has 1 atom stereocenters. The van der Waals surface area contributed by atoms with Crippen LogP contribution in [0, 0.1) is 0 Å². The van der Waals surface area contributed by atoms with Gasteiger partial charge in [-0.2, -0.15) is 0 Å². The van der Waals surface area contributed by atoms with Gasteiger partial charge in [0.25, 0.3) is 0 Å². The standard InChI is InChI=1S/C17H17NO3/c1-2-15(12-6-4-3-5-7-12)16(19)18-14-10-8-13(9-11-14)17(20)21/h3-11,15H,2H2,1H3,(H,18,19)(H,20,21). The zero-order valence-corrected chi connectivity index (χ0v) is 11.7. The fourth-order valence-electron chi connectivity index (χ4n) is 2.18. The number of carbonyl (C=O) groups is 2. The minimum atomic E-state index is -0.983. The summed E-state index contributed by atoms with van der Waals surface area (Å²) < 4.78 is 0. The van der Waals surface area contributed by atoms with Gasteiger partial charge in [-0.05, 0) is 36.2 Å². The lowest BCUT2D eigenvalue weighted by molar-refractivity contribution is -0.117. The normalized spacial score (nSPS) is 11.7. The molecule has 1 unspecified atom stereocenters. The molecule has 0 saturated carbocycles. The van der Waals surface area contributed by atoms with Crippen LogP contribution < -0.4 is 5.32 Å². The van der Waals surface area contributed by atoms with E-state index in [-0.39, 0.29) is 17.4 Å². The summed E-state index contributed by atoms with van der Waals surface area (Å²) in [6, 6.07) is 15.7. The van der Waals surface area contributed by atoms with Crippen molar-refractivity contribution in [1.29, 1.82) is 0 Å². The molecule has 0 bridgehead atoms. The number of carboxylic acid groups (broad SMARTS) is 1. The first kappa shape index (κ1) is 14.8. The van der Waals surface area contributed by atoms with Gasteiger partial charge in [0.05, 0.1) is 11.5 Å². The van der Waals surface area contributed by atoms with Gasteiger partial charge in [-0.25, -0.2) is 4.79 Å².